The molecule has 2 fully saturated rings. The average Bonchev–Trinajstić information content (AvgIpc) is 2.33. The van der Waals surface area contributed by atoms with Crippen LogP contribution in [0.4, 0.5) is 4.39 Å². The van der Waals surface area contributed by atoms with Gasteiger partial charge in [0.1, 0.15) is 11.6 Å². The van der Waals surface area contributed by atoms with Crippen LogP contribution >= 0.6 is 0 Å². The van der Waals surface area contributed by atoms with Gasteiger partial charge in [-0.3, -0.25) is 0 Å². The van der Waals surface area contributed by atoms with E-state index in [0.717, 1.165) is 38.3 Å². The summed E-state index contributed by atoms with van der Waals surface area (Å²) in [6, 6.07) is 4.02. The fraction of sp³-hybridized carbons (Fsp3) is 0.647. The zero-order valence-corrected chi connectivity index (χ0v) is 12.7. The fourth-order valence-electron chi connectivity index (χ4n) is 4.36. The Balaban J connectivity index is 2.02. The maximum Gasteiger partial charge on any atom is 0.127 e. The quantitative estimate of drug-likeness (QED) is 0.900. The Bertz CT molecular complexity index is 513. The normalized spacial score (nSPS) is 35.4. The van der Waals surface area contributed by atoms with Crippen molar-refractivity contribution in [1.82, 2.24) is 4.90 Å². The molecule has 4 unspecified atom stereocenters. The summed E-state index contributed by atoms with van der Waals surface area (Å²) in [5.41, 5.74) is -0.480. The molecule has 3 nitrogen and oxygen atoms in total. The van der Waals surface area contributed by atoms with Crippen LogP contribution in [0.1, 0.15) is 31.2 Å². The van der Waals surface area contributed by atoms with Gasteiger partial charge in [0.15, 0.2) is 0 Å². The molecule has 1 aromatic carbocycles. The minimum atomic E-state index is -1.02. The van der Waals surface area contributed by atoms with E-state index in [1.54, 1.807) is 0 Å². The highest BCUT2D eigenvalue weighted by atomic mass is 19.1. The maximum absolute atomic E-state index is 13.7. The van der Waals surface area contributed by atoms with Crippen molar-refractivity contribution < 1.29 is 14.6 Å². The molecule has 1 aromatic rings. The molecule has 0 heterocycles. The summed E-state index contributed by atoms with van der Waals surface area (Å²) in [5, 5.41) is 21.2. The number of nitrogens with zero attached hydrogens (tertiary/aromatic N) is 1. The molecule has 116 valence electrons. The molecule has 0 amide bonds. The molecule has 2 aliphatic carbocycles. The van der Waals surface area contributed by atoms with Crippen molar-refractivity contribution in [2.75, 3.05) is 20.6 Å². The van der Waals surface area contributed by atoms with E-state index in [1.807, 2.05) is 14.1 Å². The van der Waals surface area contributed by atoms with Crippen LogP contribution in [0, 0.1) is 23.6 Å². The molecular formula is C17H24FNO2. The summed E-state index contributed by atoms with van der Waals surface area (Å²) >= 11 is 0. The van der Waals surface area contributed by atoms with Gasteiger partial charge in [-0.25, -0.2) is 4.39 Å². The fourth-order valence-corrected chi connectivity index (χ4v) is 4.36. The molecule has 2 N–H and O–H groups in total. The highest BCUT2D eigenvalue weighted by Crippen LogP contribution is 2.57. The molecule has 2 aliphatic rings. The van der Waals surface area contributed by atoms with Crippen molar-refractivity contribution in [3.05, 3.63) is 29.6 Å². The Morgan fingerprint density at radius 2 is 1.90 bits per heavy atom. The lowest BCUT2D eigenvalue weighted by Crippen LogP contribution is -2.55. The second kappa shape index (κ2) is 5.25. The van der Waals surface area contributed by atoms with Crippen LogP contribution in [0.3, 0.4) is 0 Å². The molecule has 21 heavy (non-hydrogen) atoms. The molecule has 2 saturated carbocycles. The Kier molecular flexibility index (Phi) is 3.70. The van der Waals surface area contributed by atoms with Gasteiger partial charge in [0.05, 0.1) is 5.60 Å². The standard InChI is InChI=1S/C17H24FNO2/c1-19(2)10-12-5-3-11-4-6-16(11)17(12,21)13-7-14(18)9-15(20)8-13/h7-9,11-12,16,20-21H,3-6,10H2,1-2H3. The van der Waals surface area contributed by atoms with Crippen LogP contribution < -0.4 is 0 Å². The third-order valence-corrected chi connectivity index (χ3v) is 5.42. The molecule has 0 aromatic heterocycles. The SMILES string of the molecule is CN(C)CC1CCC2CCC2C1(O)c1cc(O)cc(F)c1. The minimum Gasteiger partial charge on any atom is -0.508 e. The Hall–Kier alpha value is -1.13. The number of fused-ring (bicyclic) bond motifs is 1. The largest absolute Gasteiger partial charge is 0.508 e. The van der Waals surface area contributed by atoms with Crippen LogP contribution in [0.2, 0.25) is 0 Å². The monoisotopic (exact) mass is 293 g/mol. The van der Waals surface area contributed by atoms with Gasteiger partial charge in [-0.1, -0.05) is 0 Å². The van der Waals surface area contributed by atoms with Gasteiger partial charge in [-0.15, -0.1) is 0 Å². The third-order valence-electron chi connectivity index (χ3n) is 5.42. The zero-order chi connectivity index (χ0) is 15.2. The van der Waals surface area contributed by atoms with Crippen molar-refractivity contribution in [1.29, 1.82) is 0 Å². The molecule has 4 heteroatoms. The van der Waals surface area contributed by atoms with Crippen molar-refractivity contribution in [3.63, 3.8) is 0 Å². The maximum atomic E-state index is 13.7. The van der Waals surface area contributed by atoms with Gasteiger partial charge in [0.2, 0.25) is 0 Å². The number of aliphatic hydroxyl groups is 1. The Morgan fingerprint density at radius 1 is 1.19 bits per heavy atom. The predicted octanol–water partition coefficient (Wildman–Crippen LogP) is 2.72. The summed E-state index contributed by atoms with van der Waals surface area (Å²) < 4.78 is 13.7. The van der Waals surface area contributed by atoms with E-state index >= 15 is 0 Å². The molecular weight excluding hydrogens is 269 g/mol. The summed E-state index contributed by atoms with van der Waals surface area (Å²) in [6.45, 7) is 0.775. The van der Waals surface area contributed by atoms with Gasteiger partial charge >= 0.3 is 0 Å². The number of hydrogen-bond acceptors (Lipinski definition) is 3. The zero-order valence-electron chi connectivity index (χ0n) is 12.7. The first-order valence-corrected chi connectivity index (χ1v) is 7.78. The molecule has 0 bridgehead atoms. The number of benzene rings is 1. The second-order valence-corrected chi connectivity index (χ2v) is 7.00. The minimum absolute atomic E-state index is 0.0789. The van der Waals surface area contributed by atoms with E-state index in [0.29, 0.717) is 11.5 Å². The number of phenolic OH excluding ortho intramolecular Hbond substituents is 1. The van der Waals surface area contributed by atoms with E-state index in [2.05, 4.69) is 4.90 Å². The summed E-state index contributed by atoms with van der Waals surface area (Å²) in [5.74, 6) is 0.221. The molecule has 0 saturated heterocycles. The number of aromatic hydroxyl groups is 1. The van der Waals surface area contributed by atoms with Crippen LogP contribution in [0.15, 0.2) is 18.2 Å². The lowest BCUT2D eigenvalue weighted by Gasteiger charge is -2.56. The number of hydrogen-bond donors (Lipinski definition) is 2. The first-order valence-electron chi connectivity index (χ1n) is 7.78. The Morgan fingerprint density at radius 3 is 2.48 bits per heavy atom. The van der Waals surface area contributed by atoms with Crippen molar-refractivity contribution in [2.24, 2.45) is 17.8 Å². The molecule has 0 spiro atoms. The van der Waals surface area contributed by atoms with Gasteiger partial charge in [-0.05, 0) is 69.3 Å². The first-order chi connectivity index (χ1) is 9.91. The molecule has 4 atom stereocenters. The summed E-state index contributed by atoms with van der Waals surface area (Å²) in [4.78, 5) is 2.08. The van der Waals surface area contributed by atoms with Crippen LogP contribution in [0.25, 0.3) is 0 Å². The topological polar surface area (TPSA) is 43.7 Å². The van der Waals surface area contributed by atoms with Gasteiger partial charge in [0.25, 0.3) is 0 Å². The number of halogens is 1. The van der Waals surface area contributed by atoms with Gasteiger partial charge < -0.3 is 15.1 Å². The first kappa shape index (κ1) is 14.8. The highest BCUT2D eigenvalue weighted by Gasteiger charge is 2.55. The average molecular weight is 293 g/mol. The lowest BCUT2D eigenvalue weighted by atomic mass is 9.53. The number of phenols is 1. The molecule has 3 rings (SSSR count). The van der Waals surface area contributed by atoms with Crippen LogP contribution in [0.5, 0.6) is 5.75 Å². The van der Waals surface area contributed by atoms with E-state index in [9.17, 15) is 14.6 Å². The molecule has 0 radical (unpaired) electrons. The van der Waals surface area contributed by atoms with E-state index in [-0.39, 0.29) is 17.6 Å². The van der Waals surface area contributed by atoms with E-state index in [4.69, 9.17) is 0 Å². The van der Waals surface area contributed by atoms with Crippen molar-refractivity contribution >= 4 is 0 Å². The van der Waals surface area contributed by atoms with Gasteiger partial charge in [0, 0.05) is 18.5 Å². The molecule has 0 aliphatic heterocycles. The Labute approximate surface area is 125 Å². The summed E-state index contributed by atoms with van der Waals surface area (Å²) in [6.07, 6.45) is 4.24. The third kappa shape index (κ3) is 2.44. The predicted molar refractivity (Wildman–Crippen MR) is 79.5 cm³/mol. The number of rotatable bonds is 3. The highest BCUT2D eigenvalue weighted by molar-refractivity contribution is 5.34. The van der Waals surface area contributed by atoms with Gasteiger partial charge in [-0.2, -0.15) is 0 Å². The van der Waals surface area contributed by atoms with Crippen molar-refractivity contribution in [3.8, 4) is 5.75 Å². The smallest absolute Gasteiger partial charge is 0.127 e. The van der Waals surface area contributed by atoms with E-state index in [1.165, 1.54) is 12.1 Å². The lowest BCUT2D eigenvalue weighted by molar-refractivity contribution is -0.163. The van der Waals surface area contributed by atoms with E-state index < -0.39 is 11.4 Å². The van der Waals surface area contributed by atoms with Crippen molar-refractivity contribution in [2.45, 2.75) is 31.3 Å². The van der Waals surface area contributed by atoms with Crippen LogP contribution in [-0.2, 0) is 5.60 Å². The summed E-state index contributed by atoms with van der Waals surface area (Å²) in [7, 11) is 3.99. The van der Waals surface area contributed by atoms with Crippen LogP contribution in [-0.4, -0.2) is 35.8 Å². The second-order valence-electron chi connectivity index (χ2n) is 7.00.